The Hall–Kier alpha value is -4.79. The first-order valence-electron chi connectivity index (χ1n) is 13.6. The minimum Gasteiger partial charge on any atom is -0.684 e. The molecule has 2 aromatic heterocycles. The number of rotatable bonds is 3. The molecule has 0 amide bonds. The van der Waals surface area contributed by atoms with Gasteiger partial charge in [-0.2, -0.15) is 0 Å². The molecule has 0 aliphatic carbocycles. The number of phenols is 1. The van der Waals surface area contributed by atoms with Crippen molar-refractivity contribution in [1.82, 2.24) is 4.98 Å². The van der Waals surface area contributed by atoms with Crippen molar-refractivity contribution in [3.8, 4) is 28.0 Å². The number of fused-ring (bicyclic) bond motifs is 6. The number of nitrogens with one attached hydrogen (secondary N) is 1. The van der Waals surface area contributed by atoms with Gasteiger partial charge in [0.05, 0.1) is 5.39 Å². The number of H-pyrrole nitrogens is 1. The van der Waals surface area contributed by atoms with Crippen LogP contribution in [-0.2, 0) is 21.1 Å². The molecule has 0 unspecified atom stereocenters. The summed E-state index contributed by atoms with van der Waals surface area (Å²) in [5.41, 5.74) is 8.69. The van der Waals surface area contributed by atoms with E-state index in [-0.39, 0.29) is 26.8 Å². The second kappa shape index (κ2) is 11.6. The van der Waals surface area contributed by atoms with Crippen LogP contribution in [0.15, 0.2) is 138 Å². The topological polar surface area (TPSA) is 63.3 Å². The number of aromatic amines is 1. The van der Waals surface area contributed by atoms with Crippen molar-refractivity contribution in [2.75, 3.05) is 7.05 Å². The van der Waals surface area contributed by atoms with Gasteiger partial charge in [-0.25, -0.2) is 0 Å². The van der Waals surface area contributed by atoms with Gasteiger partial charge in [-0.1, -0.05) is 121 Å². The smallest absolute Gasteiger partial charge is 0.146 e. The minimum absolute atomic E-state index is 0. The number of phenolic OH excluding ortho intramolecular Hbond substituents is 1. The zero-order chi connectivity index (χ0) is 27.8. The number of aromatic nitrogens is 1. The molecule has 2 heterocycles. The van der Waals surface area contributed by atoms with Gasteiger partial charge in [-0.3, -0.25) is 0 Å². The van der Waals surface area contributed by atoms with Crippen molar-refractivity contribution in [2.45, 2.75) is 0 Å². The van der Waals surface area contributed by atoms with Gasteiger partial charge in [-0.15, -0.1) is 7.05 Å². The van der Waals surface area contributed by atoms with Crippen molar-refractivity contribution in [3.63, 3.8) is 0 Å². The van der Waals surface area contributed by atoms with Crippen LogP contribution in [0, 0.1) is 0 Å². The van der Waals surface area contributed by atoms with E-state index < -0.39 is 0 Å². The van der Waals surface area contributed by atoms with Gasteiger partial charge < -0.3 is 19.8 Å². The van der Waals surface area contributed by atoms with E-state index in [2.05, 4.69) is 95.2 Å². The van der Waals surface area contributed by atoms with E-state index in [1.165, 1.54) is 27.4 Å². The summed E-state index contributed by atoms with van der Waals surface area (Å²) in [5, 5.41) is 19.2. The first kappa shape index (κ1) is 27.4. The molecule has 0 aliphatic rings. The number of benzene rings is 6. The minimum atomic E-state index is 0. The molecule has 0 saturated heterocycles. The van der Waals surface area contributed by atoms with Crippen LogP contribution in [0.25, 0.3) is 71.3 Å². The Morgan fingerprint density at radius 1 is 0.595 bits per heavy atom. The Morgan fingerprint density at radius 3 is 1.76 bits per heavy atom. The molecule has 0 atom stereocenters. The van der Waals surface area contributed by atoms with Gasteiger partial charge in [0.15, 0.2) is 0 Å². The Kier molecular flexibility index (Phi) is 7.56. The van der Waals surface area contributed by atoms with Crippen LogP contribution < -0.4 is 0 Å². The third-order valence-electron chi connectivity index (χ3n) is 7.56. The molecule has 5 heteroatoms. The van der Waals surface area contributed by atoms with Gasteiger partial charge >= 0.3 is 0 Å². The average Bonchev–Trinajstić information content (AvgIpc) is 3.61. The van der Waals surface area contributed by atoms with Crippen molar-refractivity contribution in [2.24, 2.45) is 0 Å². The second-order valence-electron chi connectivity index (χ2n) is 9.98. The first-order chi connectivity index (χ1) is 20.2. The third-order valence-corrected chi connectivity index (χ3v) is 7.56. The van der Waals surface area contributed by atoms with Gasteiger partial charge in [-0.05, 0) is 34.9 Å². The van der Waals surface area contributed by atoms with Crippen molar-refractivity contribution in [1.29, 1.82) is 0 Å². The largest absolute Gasteiger partial charge is 0.684 e. The van der Waals surface area contributed by atoms with Crippen LogP contribution in [0.2, 0.25) is 0 Å². The third kappa shape index (κ3) is 4.85. The summed E-state index contributed by atoms with van der Waals surface area (Å²) < 4.78 is 6.13. The predicted octanol–water partition coefficient (Wildman–Crippen LogP) is 10.6. The standard InChI is InChI=1S/C25H18NO2.C12H9N.W/c1-26-21-15-20(18-13-11-17(12-14-18)16-7-3-2-4-8-16)25-23(24(21)27)19-9-5-6-10-22(19)28-25;1-3-7-11-9(5-1)10-6-2-4-8-12(10)13-11;/h2-15,27H,1H3;1-8,13H;/q-1;;. The van der Waals surface area contributed by atoms with Crippen molar-refractivity contribution in [3.05, 3.63) is 139 Å². The molecule has 2 N–H and O–H groups in total. The van der Waals surface area contributed by atoms with E-state index in [1.807, 2.05) is 48.5 Å². The van der Waals surface area contributed by atoms with E-state index in [0.717, 1.165) is 27.7 Å². The van der Waals surface area contributed by atoms with E-state index in [1.54, 1.807) is 7.05 Å². The average molecular weight is 715 g/mol. The van der Waals surface area contributed by atoms with Crippen LogP contribution in [0.4, 0.5) is 5.69 Å². The molecular formula is C37H27N2O2W-. The SMILES string of the molecule is C[N-]c1cc(-c2ccc(-c3ccccc3)cc2)c2oc3ccccc3c2c1O.[W].c1ccc2c(c1)[nH]c1ccccc12. The summed E-state index contributed by atoms with van der Waals surface area (Å²) in [6.45, 7) is 0. The Balaban J connectivity index is 0.000000188. The van der Waals surface area contributed by atoms with Crippen LogP contribution >= 0.6 is 0 Å². The summed E-state index contributed by atoms with van der Waals surface area (Å²) in [7, 11) is 1.69. The van der Waals surface area contributed by atoms with Gasteiger partial charge in [0, 0.05) is 53.8 Å². The van der Waals surface area contributed by atoms with Crippen LogP contribution in [0.1, 0.15) is 0 Å². The Bertz CT molecular complexity index is 2090. The number of hydrogen-bond acceptors (Lipinski definition) is 2. The fourth-order valence-corrected chi connectivity index (χ4v) is 5.53. The van der Waals surface area contributed by atoms with Gasteiger partial charge in [0.25, 0.3) is 0 Å². The van der Waals surface area contributed by atoms with Crippen molar-refractivity contribution >= 4 is 49.4 Å². The molecular weight excluding hydrogens is 688 g/mol. The van der Waals surface area contributed by atoms with Gasteiger partial charge in [0.1, 0.15) is 16.9 Å². The molecule has 0 fully saturated rings. The summed E-state index contributed by atoms with van der Waals surface area (Å²) in [5.74, 6) is 0.159. The fraction of sp³-hybridized carbons (Fsp3) is 0.0270. The van der Waals surface area contributed by atoms with Crippen molar-refractivity contribution < 1.29 is 30.6 Å². The molecule has 204 valence electrons. The first-order valence-corrected chi connectivity index (χ1v) is 13.6. The maximum atomic E-state index is 10.7. The number of furan rings is 1. The molecule has 8 aromatic rings. The molecule has 0 radical (unpaired) electrons. The van der Waals surface area contributed by atoms with Crippen LogP contribution in [0.3, 0.4) is 0 Å². The molecule has 8 rings (SSSR count). The quantitative estimate of drug-likeness (QED) is 0.191. The van der Waals surface area contributed by atoms with Gasteiger partial charge in [0.2, 0.25) is 0 Å². The summed E-state index contributed by atoms with van der Waals surface area (Å²) >= 11 is 0. The molecule has 0 bridgehead atoms. The zero-order valence-electron chi connectivity index (χ0n) is 22.9. The summed E-state index contributed by atoms with van der Waals surface area (Å²) in [6.07, 6.45) is 0. The number of para-hydroxylation sites is 3. The predicted molar refractivity (Wildman–Crippen MR) is 171 cm³/mol. The summed E-state index contributed by atoms with van der Waals surface area (Å²) in [4.78, 5) is 3.38. The number of nitrogens with zero attached hydrogens (tertiary/aromatic N) is 1. The molecule has 0 aliphatic heterocycles. The zero-order valence-corrected chi connectivity index (χ0v) is 25.8. The molecule has 4 nitrogen and oxygen atoms in total. The monoisotopic (exact) mass is 715 g/mol. The van der Waals surface area contributed by atoms with E-state index in [9.17, 15) is 5.11 Å². The van der Waals surface area contributed by atoms with Crippen LogP contribution in [-0.4, -0.2) is 17.1 Å². The number of hydrogen-bond donors (Lipinski definition) is 2. The van der Waals surface area contributed by atoms with E-state index in [4.69, 9.17) is 4.42 Å². The normalized spacial score (nSPS) is 10.9. The maximum Gasteiger partial charge on any atom is 0.146 e. The Labute approximate surface area is 257 Å². The maximum absolute atomic E-state index is 10.7. The molecule has 0 saturated carbocycles. The molecule has 6 aromatic carbocycles. The molecule has 42 heavy (non-hydrogen) atoms. The Morgan fingerprint density at radius 2 is 1.12 bits per heavy atom. The van der Waals surface area contributed by atoms with E-state index in [0.29, 0.717) is 16.7 Å². The summed E-state index contributed by atoms with van der Waals surface area (Å²) in [6, 6.07) is 45.1. The van der Waals surface area contributed by atoms with Crippen LogP contribution in [0.5, 0.6) is 5.75 Å². The molecule has 0 spiro atoms. The fourth-order valence-electron chi connectivity index (χ4n) is 5.53. The second-order valence-corrected chi connectivity index (χ2v) is 9.98. The van der Waals surface area contributed by atoms with E-state index >= 15 is 0 Å². The number of aromatic hydroxyl groups is 1.